The Kier molecular flexibility index (Phi) is 5.55. The number of carbonyl (C=O) groups excluding carboxylic acids is 1. The summed E-state index contributed by atoms with van der Waals surface area (Å²) in [5, 5.41) is 15.9. The summed E-state index contributed by atoms with van der Waals surface area (Å²) in [6.07, 6.45) is 0. The summed E-state index contributed by atoms with van der Waals surface area (Å²) in [7, 11) is 3.11. The largest absolute Gasteiger partial charge is 0.493 e. The van der Waals surface area contributed by atoms with Crippen LogP contribution in [0, 0.1) is 17.0 Å². The van der Waals surface area contributed by atoms with Gasteiger partial charge >= 0.3 is 0 Å². The Balaban J connectivity index is 1.83. The van der Waals surface area contributed by atoms with E-state index < -0.39 is 10.8 Å². The number of anilines is 1. The first-order valence-electron chi connectivity index (χ1n) is 8.18. The van der Waals surface area contributed by atoms with E-state index in [2.05, 4.69) is 10.3 Å². The van der Waals surface area contributed by atoms with Crippen LogP contribution in [0.5, 0.6) is 11.5 Å². The molecule has 144 valence electrons. The van der Waals surface area contributed by atoms with Gasteiger partial charge in [0, 0.05) is 28.1 Å². The summed E-state index contributed by atoms with van der Waals surface area (Å²) in [6.45, 7) is 1.55. The predicted molar refractivity (Wildman–Crippen MR) is 106 cm³/mol. The van der Waals surface area contributed by atoms with Crippen molar-refractivity contribution >= 4 is 28.1 Å². The van der Waals surface area contributed by atoms with Gasteiger partial charge in [0.05, 0.1) is 24.8 Å². The van der Waals surface area contributed by atoms with Crippen molar-refractivity contribution in [3.05, 3.63) is 63.0 Å². The summed E-state index contributed by atoms with van der Waals surface area (Å²) in [6, 6.07) is 9.80. The number of hydrogen-bond acceptors (Lipinski definition) is 7. The fourth-order valence-corrected chi connectivity index (χ4v) is 3.41. The van der Waals surface area contributed by atoms with Crippen LogP contribution in [-0.2, 0) is 0 Å². The second-order valence-corrected chi connectivity index (χ2v) is 6.63. The fourth-order valence-electron chi connectivity index (χ4n) is 2.69. The van der Waals surface area contributed by atoms with Crippen molar-refractivity contribution in [2.45, 2.75) is 6.92 Å². The van der Waals surface area contributed by atoms with Gasteiger partial charge in [0.15, 0.2) is 16.6 Å². The highest BCUT2D eigenvalue weighted by Gasteiger charge is 2.19. The maximum absolute atomic E-state index is 12.5. The van der Waals surface area contributed by atoms with E-state index in [1.807, 2.05) is 6.07 Å². The number of nitro benzene ring substituents is 1. The van der Waals surface area contributed by atoms with Crippen LogP contribution in [0.25, 0.3) is 11.3 Å². The Bertz CT molecular complexity index is 1050. The highest BCUT2D eigenvalue weighted by molar-refractivity contribution is 7.14. The molecule has 1 aromatic heterocycles. The normalized spacial score (nSPS) is 10.4. The minimum absolute atomic E-state index is 0.0993. The van der Waals surface area contributed by atoms with E-state index in [-0.39, 0.29) is 11.3 Å². The van der Waals surface area contributed by atoms with Gasteiger partial charge < -0.3 is 9.47 Å². The molecule has 3 aromatic rings. The number of carbonyl (C=O) groups is 1. The topological polar surface area (TPSA) is 104 Å². The van der Waals surface area contributed by atoms with Gasteiger partial charge in [-0.3, -0.25) is 20.2 Å². The molecule has 0 atom stereocenters. The molecule has 0 aliphatic heterocycles. The molecule has 0 aliphatic rings. The van der Waals surface area contributed by atoms with Gasteiger partial charge in [0.1, 0.15) is 0 Å². The molecule has 0 bridgehead atoms. The highest BCUT2D eigenvalue weighted by atomic mass is 32.1. The van der Waals surface area contributed by atoms with Crippen LogP contribution >= 0.6 is 11.3 Å². The lowest BCUT2D eigenvalue weighted by Gasteiger charge is -2.08. The van der Waals surface area contributed by atoms with E-state index >= 15 is 0 Å². The Hall–Kier alpha value is -3.46. The van der Waals surface area contributed by atoms with Crippen LogP contribution in [-0.4, -0.2) is 30.0 Å². The monoisotopic (exact) mass is 399 g/mol. The average molecular weight is 399 g/mol. The Morgan fingerprint density at radius 2 is 1.93 bits per heavy atom. The molecule has 1 heterocycles. The van der Waals surface area contributed by atoms with E-state index in [4.69, 9.17) is 9.47 Å². The number of nitrogens with zero attached hydrogens (tertiary/aromatic N) is 2. The quantitative estimate of drug-likeness (QED) is 0.490. The number of aromatic nitrogens is 1. The summed E-state index contributed by atoms with van der Waals surface area (Å²) < 4.78 is 10.5. The molecule has 0 unspecified atom stereocenters. The minimum atomic E-state index is -0.509. The van der Waals surface area contributed by atoms with E-state index in [1.54, 1.807) is 44.7 Å². The molecule has 0 aliphatic carbocycles. The summed E-state index contributed by atoms with van der Waals surface area (Å²) in [5.41, 5.74) is 1.91. The lowest BCUT2D eigenvalue weighted by Crippen LogP contribution is -2.14. The molecular formula is C19H17N3O5S. The van der Waals surface area contributed by atoms with Gasteiger partial charge in [-0.15, -0.1) is 11.3 Å². The number of methoxy groups -OCH3 is 2. The number of nitrogens with one attached hydrogen (secondary N) is 1. The molecule has 1 N–H and O–H groups in total. The third-order valence-corrected chi connectivity index (χ3v) is 4.91. The lowest BCUT2D eigenvalue weighted by atomic mass is 10.1. The minimum Gasteiger partial charge on any atom is -0.493 e. The van der Waals surface area contributed by atoms with E-state index in [0.29, 0.717) is 27.9 Å². The molecule has 1 amide bonds. The standard InChI is InChI=1S/C19H17N3O5S/c1-11-13(5-4-6-15(11)22(24)25)18(23)21-19-20-14(10-28-19)12-7-8-16(26-2)17(9-12)27-3/h4-10H,1-3H3,(H,20,21,23). The van der Waals surface area contributed by atoms with Crippen molar-refractivity contribution in [2.75, 3.05) is 19.5 Å². The molecule has 0 fully saturated rings. The molecule has 3 rings (SSSR count). The van der Waals surface area contributed by atoms with Crippen LogP contribution < -0.4 is 14.8 Å². The maximum atomic E-state index is 12.5. The second kappa shape index (κ2) is 8.05. The summed E-state index contributed by atoms with van der Waals surface area (Å²) in [4.78, 5) is 27.5. The van der Waals surface area contributed by atoms with Crippen molar-refractivity contribution in [3.63, 3.8) is 0 Å². The van der Waals surface area contributed by atoms with E-state index in [0.717, 1.165) is 5.56 Å². The first-order valence-corrected chi connectivity index (χ1v) is 9.06. The van der Waals surface area contributed by atoms with Crippen LogP contribution in [0.4, 0.5) is 10.8 Å². The zero-order valence-corrected chi connectivity index (χ0v) is 16.2. The maximum Gasteiger partial charge on any atom is 0.273 e. The smallest absolute Gasteiger partial charge is 0.273 e. The van der Waals surface area contributed by atoms with E-state index in [9.17, 15) is 14.9 Å². The third kappa shape index (κ3) is 3.79. The molecule has 0 saturated carbocycles. The van der Waals surface area contributed by atoms with Gasteiger partial charge in [-0.2, -0.15) is 0 Å². The first-order chi connectivity index (χ1) is 13.4. The van der Waals surface area contributed by atoms with Crippen molar-refractivity contribution in [1.29, 1.82) is 0 Å². The van der Waals surface area contributed by atoms with Crippen LogP contribution in [0.15, 0.2) is 41.8 Å². The molecule has 8 nitrogen and oxygen atoms in total. The first kappa shape index (κ1) is 19.3. The van der Waals surface area contributed by atoms with E-state index in [1.165, 1.54) is 23.5 Å². The number of benzene rings is 2. The van der Waals surface area contributed by atoms with Crippen LogP contribution in [0.2, 0.25) is 0 Å². The predicted octanol–water partition coefficient (Wildman–Crippen LogP) is 4.30. The number of amides is 1. The number of hydrogen-bond donors (Lipinski definition) is 1. The van der Waals surface area contributed by atoms with Crippen LogP contribution in [0.3, 0.4) is 0 Å². The average Bonchev–Trinajstić information content (AvgIpc) is 3.15. The van der Waals surface area contributed by atoms with Gasteiger partial charge in [-0.1, -0.05) is 6.07 Å². The zero-order valence-electron chi connectivity index (χ0n) is 15.4. The Labute approximate surface area is 164 Å². The molecular weight excluding hydrogens is 382 g/mol. The number of thiazole rings is 1. The molecule has 0 spiro atoms. The number of nitro groups is 1. The van der Waals surface area contributed by atoms with Crippen molar-refractivity contribution in [1.82, 2.24) is 4.98 Å². The van der Waals surface area contributed by atoms with Crippen molar-refractivity contribution in [2.24, 2.45) is 0 Å². The highest BCUT2D eigenvalue weighted by Crippen LogP contribution is 2.33. The van der Waals surface area contributed by atoms with Gasteiger partial charge in [0.2, 0.25) is 0 Å². The molecule has 0 saturated heterocycles. The summed E-state index contributed by atoms with van der Waals surface area (Å²) in [5.74, 6) is 0.733. The van der Waals surface area contributed by atoms with Gasteiger partial charge in [-0.25, -0.2) is 4.98 Å². The molecule has 0 radical (unpaired) electrons. The Morgan fingerprint density at radius 1 is 1.18 bits per heavy atom. The zero-order chi connectivity index (χ0) is 20.3. The number of ether oxygens (including phenoxy) is 2. The second-order valence-electron chi connectivity index (χ2n) is 5.77. The Morgan fingerprint density at radius 3 is 2.61 bits per heavy atom. The van der Waals surface area contributed by atoms with Gasteiger partial charge in [0.25, 0.3) is 11.6 Å². The van der Waals surface area contributed by atoms with Crippen molar-refractivity contribution < 1.29 is 19.2 Å². The molecule has 28 heavy (non-hydrogen) atoms. The number of rotatable bonds is 6. The van der Waals surface area contributed by atoms with Crippen molar-refractivity contribution in [3.8, 4) is 22.8 Å². The SMILES string of the molecule is COc1ccc(-c2csc(NC(=O)c3cccc([N+](=O)[O-])c3C)n2)cc1OC. The summed E-state index contributed by atoms with van der Waals surface area (Å²) >= 11 is 1.26. The molecule has 9 heteroatoms. The molecule has 2 aromatic carbocycles. The van der Waals surface area contributed by atoms with Gasteiger partial charge in [-0.05, 0) is 31.2 Å². The third-order valence-electron chi connectivity index (χ3n) is 4.15. The lowest BCUT2D eigenvalue weighted by molar-refractivity contribution is -0.385. The van der Waals surface area contributed by atoms with Crippen LogP contribution in [0.1, 0.15) is 15.9 Å². The fraction of sp³-hybridized carbons (Fsp3) is 0.158.